The molecule has 1 aliphatic heterocycles. The van der Waals surface area contributed by atoms with Crippen molar-refractivity contribution in [2.24, 2.45) is 4.99 Å². The molecule has 0 bridgehead atoms. The lowest BCUT2D eigenvalue weighted by Crippen LogP contribution is -2.17. The highest BCUT2D eigenvalue weighted by Gasteiger charge is 2.28. The number of hydrogen-bond acceptors (Lipinski definition) is 3. The van der Waals surface area contributed by atoms with Crippen LogP contribution < -0.4 is 4.74 Å². The van der Waals surface area contributed by atoms with Crippen LogP contribution in [0.25, 0.3) is 0 Å². The number of nitrogens with zero attached hydrogens (tertiary/aromatic N) is 1. The second kappa shape index (κ2) is 3.98. The zero-order valence-corrected chi connectivity index (χ0v) is 10.3. The molecule has 1 aliphatic rings. The average molecular weight is 240 g/mol. The van der Waals surface area contributed by atoms with Crippen LogP contribution in [0.2, 0.25) is 5.02 Å². The number of benzene rings is 1. The zero-order chi connectivity index (χ0) is 11.8. The highest BCUT2D eigenvalue weighted by atomic mass is 35.5. The molecule has 1 heterocycles. The first-order valence-electron chi connectivity index (χ1n) is 5.08. The molecule has 0 N–H and O–H groups in total. The highest BCUT2D eigenvalue weighted by molar-refractivity contribution is 6.31. The van der Waals surface area contributed by atoms with Gasteiger partial charge in [-0.15, -0.1) is 0 Å². The van der Waals surface area contributed by atoms with Crippen molar-refractivity contribution >= 4 is 17.5 Å². The van der Waals surface area contributed by atoms with Gasteiger partial charge in [0.15, 0.2) is 0 Å². The van der Waals surface area contributed by atoms with Crippen molar-refractivity contribution in [1.29, 1.82) is 0 Å². The van der Waals surface area contributed by atoms with Crippen molar-refractivity contribution in [2.75, 3.05) is 13.7 Å². The van der Waals surface area contributed by atoms with Gasteiger partial charge in [0.05, 0.1) is 18.2 Å². The van der Waals surface area contributed by atoms with Crippen LogP contribution in [-0.2, 0) is 4.74 Å². The minimum Gasteiger partial charge on any atom is -0.496 e. The summed E-state index contributed by atoms with van der Waals surface area (Å²) in [6.07, 6.45) is 0. The SMILES string of the molecule is COc1ccc(Cl)cc1C1=NC(C)(C)CO1. The number of hydrogen-bond donors (Lipinski definition) is 0. The molecule has 0 unspecified atom stereocenters. The molecular weight excluding hydrogens is 226 g/mol. The zero-order valence-electron chi connectivity index (χ0n) is 9.58. The molecule has 0 radical (unpaired) electrons. The van der Waals surface area contributed by atoms with E-state index in [9.17, 15) is 0 Å². The third-order valence-corrected chi connectivity index (χ3v) is 2.59. The van der Waals surface area contributed by atoms with E-state index in [0.717, 1.165) is 11.3 Å². The molecule has 16 heavy (non-hydrogen) atoms. The Labute approximate surface area is 100 Å². The second-order valence-electron chi connectivity index (χ2n) is 4.36. The standard InChI is InChI=1S/C12H14ClNO2/c1-12(2)7-16-11(14-12)9-6-8(13)4-5-10(9)15-3/h4-6H,7H2,1-3H3. The van der Waals surface area contributed by atoms with Gasteiger partial charge in [0.1, 0.15) is 12.4 Å². The Hall–Kier alpha value is -1.22. The van der Waals surface area contributed by atoms with Gasteiger partial charge in [-0.25, -0.2) is 4.99 Å². The molecule has 4 heteroatoms. The van der Waals surface area contributed by atoms with Crippen LogP contribution >= 0.6 is 11.6 Å². The molecule has 0 aromatic heterocycles. The van der Waals surface area contributed by atoms with Crippen molar-refractivity contribution < 1.29 is 9.47 Å². The van der Waals surface area contributed by atoms with Crippen LogP contribution in [-0.4, -0.2) is 25.2 Å². The Morgan fingerprint density at radius 3 is 2.75 bits per heavy atom. The van der Waals surface area contributed by atoms with Gasteiger partial charge in [0, 0.05) is 5.02 Å². The van der Waals surface area contributed by atoms with Crippen molar-refractivity contribution in [3.05, 3.63) is 28.8 Å². The lowest BCUT2D eigenvalue weighted by atomic mass is 10.1. The first-order valence-corrected chi connectivity index (χ1v) is 5.46. The average Bonchev–Trinajstić information content (AvgIpc) is 2.59. The minimum absolute atomic E-state index is 0.178. The molecule has 0 fully saturated rings. The third kappa shape index (κ3) is 2.14. The van der Waals surface area contributed by atoms with Gasteiger partial charge in [-0.1, -0.05) is 11.6 Å². The van der Waals surface area contributed by atoms with Crippen LogP contribution in [0.15, 0.2) is 23.2 Å². The normalized spacial score (nSPS) is 17.9. The molecule has 2 rings (SSSR count). The smallest absolute Gasteiger partial charge is 0.220 e. The van der Waals surface area contributed by atoms with Crippen molar-refractivity contribution in [1.82, 2.24) is 0 Å². The monoisotopic (exact) mass is 239 g/mol. The van der Waals surface area contributed by atoms with E-state index in [1.807, 2.05) is 19.9 Å². The Balaban J connectivity index is 2.44. The topological polar surface area (TPSA) is 30.8 Å². The first-order chi connectivity index (χ1) is 7.52. The molecule has 0 amide bonds. The first kappa shape index (κ1) is 11.3. The van der Waals surface area contributed by atoms with Crippen molar-refractivity contribution in [2.45, 2.75) is 19.4 Å². The minimum atomic E-state index is -0.178. The summed E-state index contributed by atoms with van der Waals surface area (Å²) >= 11 is 5.96. The maximum absolute atomic E-state index is 5.96. The number of ether oxygens (including phenoxy) is 2. The fraction of sp³-hybridized carbons (Fsp3) is 0.417. The van der Waals surface area contributed by atoms with E-state index in [0.29, 0.717) is 17.5 Å². The van der Waals surface area contributed by atoms with Crippen LogP contribution in [0, 0.1) is 0 Å². The van der Waals surface area contributed by atoms with E-state index in [2.05, 4.69) is 4.99 Å². The van der Waals surface area contributed by atoms with Gasteiger partial charge in [0.2, 0.25) is 5.90 Å². The van der Waals surface area contributed by atoms with Gasteiger partial charge in [0.25, 0.3) is 0 Å². The van der Waals surface area contributed by atoms with Gasteiger partial charge in [-0.3, -0.25) is 0 Å². The number of aliphatic imine (C=N–C) groups is 1. The molecular formula is C12H14ClNO2. The van der Waals surface area contributed by atoms with Crippen LogP contribution in [0.5, 0.6) is 5.75 Å². The fourth-order valence-electron chi connectivity index (χ4n) is 1.57. The molecule has 0 saturated carbocycles. The summed E-state index contributed by atoms with van der Waals surface area (Å²) in [4.78, 5) is 4.50. The summed E-state index contributed by atoms with van der Waals surface area (Å²) in [7, 11) is 1.62. The van der Waals surface area contributed by atoms with E-state index >= 15 is 0 Å². The highest BCUT2D eigenvalue weighted by Crippen LogP contribution is 2.28. The number of rotatable bonds is 2. The predicted molar refractivity (Wildman–Crippen MR) is 64.6 cm³/mol. The molecule has 86 valence electrons. The van der Waals surface area contributed by atoms with E-state index in [4.69, 9.17) is 21.1 Å². The van der Waals surface area contributed by atoms with E-state index < -0.39 is 0 Å². The molecule has 0 atom stereocenters. The summed E-state index contributed by atoms with van der Waals surface area (Å²) in [5, 5.41) is 0.645. The molecule has 0 aliphatic carbocycles. The molecule has 1 aromatic carbocycles. The molecule has 3 nitrogen and oxygen atoms in total. The van der Waals surface area contributed by atoms with E-state index in [1.54, 1.807) is 19.2 Å². The largest absolute Gasteiger partial charge is 0.496 e. The Morgan fingerprint density at radius 1 is 1.44 bits per heavy atom. The Kier molecular flexibility index (Phi) is 2.80. The molecule has 0 spiro atoms. The van der Waals surface area contributed by atoms with Crippen molar-refractivity contribution in [3.63, 3.8) is 0 Å². The molecule has 1 aromatic rings. The third-order valence-electron chi connectivity index (χ3n) is 2.36. The summed E-state index contributed by atoms with van der Waals surface area (Å²) in [5.74, 6) is 1.32. The summed E-state index contributed by atoms with van der Waals surface area (Å²) in [6.45, 7) is 4.63. The van der Waals surface area contributed by atoms with Gasteiger partial charge < -0.3 is 9.47 Å². The van der Waals surface area contributed by atoms with E-state index in [-0.39, 0.29) is 5.54 Å². The maximum atomic E-state index is 5.96. The predicted octanol–water partition coefficient (Wildman–Crippen LogP) is 2.90. The van der Waals surface area contributed by atoms with Crippen LogP contribution in [0.4, 0.5) is 0 Å². The van der Waals surface area contributed by atoms with Gasteiger partial charge in [-0.2, -0.15) is 0 Å². The summed E-state index contributed by atoms with van der Waals surface area (Å²) in [6, 6.07) is 5.40. The van der Waals surface area contributed by atoms with E-state index in [1.165, 1.54) is 0 Å². The number of methoxy groups -OCH3 is 1. The van der Waals surface area contributed by atoms with Crippen LogP contribution in [0.1, 0.15) is 19.4 Å². The fourth-order valence-corrected chi connectivity index (χ4v) is 1.74. The summed E-state index contributed by atoms with van der Waals surface area (Å²) in [5.41, 5.74) is 0.628. The quantitative estimate of drug-likeness (QED) is 0.795. The van der Waals surface area contributed by atoms with Gasteiger partial charge in [-0.05, 0) is 32.0 Å². The Bertz CT molecular complexity index is 441. The Morgan fingerprint density at radius 2 is 2.19 bits per heavy atom. The second-order valence-corrected chi connectivity index (χ2v) is 4.80. The van der Waals surface area contributed by atoms with Gasteiger partial charge >= 0.3 is 0 Å². The van der Waals surface area contributed by atoms with Crippen LogP contribution in [0.3, 0.4) is 0 Å². The maximum Gasteiger partial charge on any atom is 0.220 e. The van der Waals surface area contributed by atoms with Crippen molar-refractivity contribution in [3.8, 4) is 5.75 Å². The summed E-state index contributed by atoms with van der Waals surface area (Å²) < 4.78 is 10.8. The molecule has 0 saturated heterocycles. The lowest BCUT2D eigenvalue weighted by Gasteiger charge is -2.08. The lowest BCUT2D eigenvalue weighted by molar-refractivity contribution is 0.278. The number of halogens is 1.